The largest absolute Gasteiger partial charge is 0.469 e. The molecule has 4 heteroatoms. The van der Waals surface area contributed by atoms with Crippen molar-refractivity contribution in [2.75, 3.05) is 26.7 Å². The monoisotopic (exact) mass is 212 g/mol. The molecular formula is C11H20N2O2. The zero-order valence-corrected chi connectivity index (χ0v) is 9.37. The maximum Gasteiger partial charge on any atom is 0.306 e. The first-order chi connectivity index (χ1) is 7.29. The lowest BCUT2D eigenvalue weighted by molar-refractivity contribution is -0.140. The van der Waals surface area contributed by atoms with E-state index in [4.69, 9.17) is 0 Å². The first-order valence-corrected chi connectivity index (χ1v) is 5.84. The van der Waals surface area contributed by atoms with Crippen LogP contribution in [0.2, 0.25) is 0 Å². The lowest BCUT2D eigenvalue weighted by atomic mass is 10.2. The van der Waals surface area contributed by atoms with E-state index >= 15 is 0 Å². The summed E-state index contributed by atoms with van der Waals surface area (Å²) in [6.07, 6.45) is 4.47. The van der Waals surface area contributed by atoms with Crippen molar-refractivity contribution in [1.29, 1.82) is 0 Å². The number of nitrogens with one attached hydrogen (secondary N) is 1. The van der Waals surface area contributed by atoms with Crippen LogP contribution in [0.3, 0.4) is 0 Å². The molecule has 1 N–H and O–H groups in total. The maximum absolute atomic E-state index is 10.9. The quantitative estimate of drug-likeness (QED) is 0.669. The van der Waals surface area contributed by atoms with Crippen molar-refractivity contribution in [3.8, 4) is 0 Å². The third kappa shape index (κ3) is 3.18. The summed E-state index contributed by atoms with van der Waals surface area (Å²) in [5.41, 5.74) is 0. The molecule has 86 valence electrons. The molecule has 1 saturated heterocycles. The van der Waals surface area contributed by atoms with Gasteiger partial charge in [0.15, 0.2) is 0 Å². The molecule has 1 heterocycles. The Kier molecular flexibility index (Phi) is 3.59. The SMILES string of the molecule is COC(=O)CCNC1CCN(C2CC2)C1. The number of nitrogens with zero attached hydrogens (tertiary/aromatic N) is 1. The summed E-state index contributed by atoms with van der Waals surface area (Å²) in [5, 5.41) is 3.42. The summed E-state index contributed by atoms with van der Waals surface area (Å²) in [5.74, 6) is -0.125. The average Bonchev–Trinajstić information content (AvgIpc) is 2.99. The Morgan fingerprint density at radius 1 is 1.47 bits per heavy atom. The smallest absolute Gasteiger partial charge is 0.306 e. The number of methoxy groups -OCH3 is 1. The van der Waals surface area contributed by atoms with E-state index in [2.05, 4.69) is 15.0 Å². The highest BCUT2D eigenvalue weighted by Gasteiger charge is 2.33. The molecule has 0 bridgehead atoms. The number of carbonyl (C=O) groups excluding carboxylic acids is 1. The Balaban J connectivity index is 1.58. The van der Waals surface area contributed by atoms with E-state index in [1.165, 1.54) is 32.9 Å². The van der Waals surface area contributed by atoms with Gasteiger partial charge in [0.2, 0.25) is 0 Å². The van der Waals surface area contributed by atoms with Crippen LogP contribution in [0.4, 0.5) is 0 Å². The summed E-state index contributed by atoms with van der Waals surface area (Å²) < 4.78 is 4.59. The average molecular weight is 212 g/mol. The van der Waals surface area contributed by atoms with Gasteiger partial charge in [-0.1, -0.05) is 0 Å². The van der Waals surface area contributed by atoms with Gasteiger partial charge in [-0.15, -0.1) is 0 Å². The highest BCUT2D eigenvalue weighted by Crippen LogP contribution is 2.29. The zero-order valence-electron chi connectivity index (χ0n) is 9.37. The summed E-state index contributed by atoms with van der Waals surface area (Å²) in [6, 6.07) is 1.45. The number of hydrogen-bond acceptors (Lipinski definition) is 4. The second kappa shape index (κ2) is 4.94. The van der Waals surface area contributed by atoms with Crippen LogP contribution in [0.5, 0.6) is 0 Å². The van der Waals surface area contributed by atoms with Gasteiger partial charge in [0.05, 0.1) is 13.5 Å². The van der Waals surface area contributed by atoms with Crippen molar-refractivity contribution in [2.24, 2.45) is 0 Å². The molecule has 0 aromatic heterocycles. The van der Waals surface area contributed by atoms with Crippen molar-refractivity contribution in [3.63, 3.8) is 0 Å². The van der Waals surface area contributed by atoms with E-state index in [0.29, 0.717) is 12.5 Å². The van der Waals surface area contributed by atoms with Crippen molar-refractivity contribution in [2.45, 2.75) is 37.8 Å². The number of ether oxygens (including phenoxy) is 1. The number of esters is 1. The highest BCUT2D eigenvalue weighted by atomic mass is 16.5. The van der Waals surface area contributed by atoms with Crippen LogP contribution in [0.25, 0.3) is 0 Å². The number of carbonyl (C=O) groups is 1. The summed E-state index contributed by atoms with van der Waals surface area (Å²) in [4.78, 5) is 13.5. The van der Waals surface area contributed by atoms with E-state index in [9.17, 15) is 4.79 Å². The van der Waals surface area contributed by atoms with E-state index in [1.807, 2.05) is 0 Å². The van der Waals surface area contributed by atoms with Crippen LogP contribution >= 0.6 is 0 Å². The van der Waals surface area contributed by atoms with Crippen LogP contribution in [0.1, 0.15) is 25.7 Å². The molecule has 1 unspecified atom stereocenters. The minimum absolute atomic E-state index is 0.125. The van der Waals surface area contributed by atoms with E-state index < -0.39 is 0 Å². The van der Waals surface area contributed by atoms with Gasteiger partial charge in [-0.05, 0) is 19.3 Å². The number of hydrogen-bond donors (Lipinski definition) is 1. The molecule has 2 fully saturated rings. The van der Waals surface area contributed by atoms with E-state index in [-0.39, 0.29) is 5.97 Å². The van der Waals surface area contributed by atoms with Gasteiger partial charge in [0.25, 0.3) is 0 Å². The third-order valence-electron chi connectivity index (χ3n) is 3.27. The summed E-state index contributed by atoms with van der Waals surface area (Å²) in [7, 11) is 1.44. The molecule has 2 rings (SSSR count). The molecule has 0 aromatic carbocycles. The van der Waals surface area contributed by atoms with Gasteiger partial charge in [-0.3, -0.25) is 9.69 Å². The Hall–Kier alpha value is -0.610. The van der Waals surface area contributed by atoms with Gasteiger partial charge >= 0.3 is 5.97 Å². The topological polar surface area (TPSA) is 41.6 Å². The standard InChI is InChI=1S/C11H20N2O2/c1-15-11(14)4-6-12-9-5-7-13(8-9)10-2-3-10/h9-10,12H,2-8H2,1H3. The normalized spacial score (nSPS) is 26.9. The lowest BCUT2D eigenvalue weighted by Gasteiger charge is -2.15. The fraction of sp³-hybridized carbons (Fsp3) is 0.909. The molecule has 1 atom stereocenters. The van der Waals surface area contributed by atoms with Gasteiger partial charge in [-0.2, -0.15) is 0 Å². The zero-order chi connectivity index (χ0) is 10.7. The Morgan fingerprint density at radius 2 is 2.27 bits per heavy atom. The van der Waals surface area contributed by atoms with Crippen molar-refractivity contribution >= 4 is 5.97 Å². The Bertz CT molecular complexity index is 229. The molecule has 1 saturated carbocycles. The number of likely N-dealkylation sites (tertiary alicyclic amines) is 1. The molecule has 1 aliphatic carbocycles. The lowest BCUT2D eigenvalue weighted by Crippen LogP contribution is -2.34. The third-order valence-corrected chi connectivity index (χ3v) is 3.27. The molecule has 15 heavy (non-hydrogen) atoms. The Labute approximate surface area is 91.0 Å². The summed E-state index contributed by atoms with van der Waals surface area (Å²) >= 11 is 0. The minimum Gasteiger partial charge on any atom is -0.469 e. The van der Waals surface area contributed by atoms with Crippen LogP contribution in [0.15, 0.2) is 0 Å². The van der Waals surface area contributed by atoms with Gasteiger partial charge in [0, 0.05) is 31.7 Å². The van der Waals surface area contributed by atoms with Gasteiger partial charge in [-0.25, -0.2) is 0 Å². The fourth-order valence-electron chi connectivity index (χ4n) is 2.21. The predicted octanol–water partition coefficient (Wildman–Crippen LogP) is 0.376. The molecule has 0 spiro atoms. The predicted molar refractivity (Wildman–Crippen MR) is 57.6 cm³/mol. The number of rotatable bonds is 5. The van der Waals surface area contributed by atoms with Gasteiger partial charge in [0.1, 0.15) is 0 Å². The van der Waals surface area contributed by atoms with Crippen LogP contribution < -0.4 is 5.32 Å². The van der Waals surface area contributed by atoms with Crippen molar-refractivity contribution in [3.05, 3.63) is 0 Å². The molecular weight excluding hydrogens is 192 g/mol. The van der Waals surface area contributed by atoms with Crippen LogP contribution in [-0.2, 0) is 9.53 Å². The highest BCUT2D eigenvalue weighted by molar-refractivity contribution is 5.69. The summed E-state index contributed by atoms with van der Waals surface area (Å²) in [6.45, 7) is 3.13. The molecule has 2 aliphatic rings. The maximum atomic E-state index is 10.9. The van der Waals surface area contributed by atoms with Crippen LogP contribution in [-0.4, -0.2) is 49.7 Å². The van der Waals surface area contributed by atoms with Crippen molar-refractivity contribution in [1.82, 2.24) is 10.2 Å². The second-order valence-electron chi connectivity index (χ2n) is 4.49. The van der Waals surface area contributed by atoms with E-state index in [1.54, 1.807) is 0 Å². The molecule has 1 aliphatic heterocycles. The van der Waals surface area contributed by atoms with Gasteiger partial charge < -0.3 is 10.1 Å². The minimum atomic E-state index is -0.125. The van der Waals surface area contributed by atoms with Crippen LogP contribution in [0, 0.1) is 0 Å². The molecule has 0 amide bonds. The first kappa shape index (κ1) is 10.9. The second-order valence-corrected chi connectivity index (χ2v) is 4.49. The first-order valence-electron chi connectivity index (χ1n) is 5.84. The fourth-order valence-corrected chi connectivity index (χ4v) is 2.21. The molecule has 4 nitrogen and oxygen atoms in total. The van der Waals surface area contributed by atoms with E-state index in [0.717, 1.165) is 19.1 Å². The Morgan fingerprint density at radius 3 is 2.93 bits per heavy atom. The molecule has 0 radical (unpaired) electrons. The van der Waals surface area contributed by atoms with Crippen molar-refractivity contribution < 1.29 is 9.53 Å². The molecule has 0 aromatic rings.